The second kappa shape index (κ2) is 5.50. The summed E-state index contributed by atoms with van der Waals surface area (Å²) in [7, 11) is 0. The van der Waals surface area contributed by atoms with E-state index >= 15 is 0 Å². The number of anilines is 1. The number of carbonyl (C=O) groups excluding carboxylic acids is 1. The molecule has 0 unspecified atom stereocenters. The van der Waals surface area contributed by atoms with E-state index in [1.807, 2.05) is 0 Å². The summed E-state index contributed by atoms with van der Waals surface area (Å²) in [6, 6.07) is 6.78. The largest absolute Gasteiger partial charge is 0.478 e. The molecule has 0 aliphatic rings. The van der Waals surface area contributed by atoms with E-state index in [0.717, 1.165) is 11.6 Å². The summed E-state index contributed by atoms with van der Waals surface area (Å²) in [5.74, 6) is -1.28. The molecule has 16 heavy (non-hydrogen) atoms. The van der Waals surface area contributed by atoms with Crippen molar-refractivity contribution in [1.82, 2.24) is 0 Å². The molecule has 0 heterocycles. The monoisotopic (exact) mass is 217 g/mol. The van der Waals surface area contributed by atoms with Gasteiger partial charge < -0.3 is 10.4 Å². The molecule has 2 N–H and O–H groups in total. The average molecular weight is 217 g/mol. The van der Waals surface area contributed by atoms with Crippen molar-refractivity contribution in [2.45, 2.75) is 0 Å². The Morgan fingerprint density at radius 2 is 1.88 bits per heavy atom. The van der Waals surface area contributed by atoms with E-state index in [-0.39, 0.29) is 5.91 Å². The fourth-order valence-electron chi connectivity index (χ4n) is 1.04. The van der Waals surface area contributed by atoms with E-state index in [9.17, 15) is 9.59 Å². The maximum atomic E-state index is 11.0. The van der Waals surface area contributed by atoms with Gasteiger partial charge in [0.25, 0.3) is 0 Å². The number of benzene rings is 1. The predicted molar refractivity (Wildman–Crippen MR) is 61.9 cm³/mol. The fraction of sp³-hybridized carbons (Fsp3) is 0. The molecule has 0 radical (unpaired) electrons. The first-order chi connectivity index (χ1) is 7.61. The van der Waals surface area contributed by atoms with Crippen LogP contribution in [0.2, 0.25) is 0 Å². The van der Waals surface area contributed by atoms with Crippen LogP contribution in [0.15, 0.2) is 43.0 Å². The molecular weight excluding hydrogens is 206 g/mol. The van der Waals surface area contributed by atoms with Gasteiger partial charge in [-0.3, -0.25) is 4.79 Å². The van der Waals surface area contributed by atoms with Crippen molar-refractivity contribution in [1.29, 1.82) is 0 Å². The van der Waals surface area contributed by atoms with Crippen molar-refractivity contribution in [3.63, 3.8) is 0 Å². The zero-order valence-electron chi connectivity index (χ0n) is 8.51. The van der Waals surface area contributed by atoms with Gasteiger partial charge in [-0.15, -0.1) is 0 Å². The maximum absolute atomic E-state index is 11.0. The highest BCUT2D eigenvalue weighted by molar-refractivity contribution is 5.98. The van der Waals surface area contributed by atoms with Crippen LogP contribution in [-0.2, 0) is 9.59 Å². The van der Waals surface area contributed by atoms with Crippen LogP contribution in [0.3, 0.4) is 0 Å². The number of carbonyl (C=O) groups is 2. The molecule has 1 aromatic carbocycles. The van der Waals surface area contributed by atoms with Gasteiger partial charge in [0.05, 0.1) is 0 Å². The molecule has 1 aromatic rings. The predicted octanol–water partition coefficient (Wildman–Crippen LogP) is 1.91. The van der Waals surface area contributed by atoms with E-state index in [1.165, 1.54) is 12.2 Å². The summed E-state index contributed by atoms with van der Waals surface area (Å²) in [4.78, 5) is 21.2. The number of aliphatic carboxylic acids is 1. The van der Waals surface area contributed by atoms with Gasteiger partial charge in [0.15, 0.2) is 0 Å². The van der Waals surface area contributed by atoms with Gasteiger partial charge in [-0.1, -0.05) is 18.7 Å². The van der Waals surface area contributed by atoms with Gasteiger partial charge in [0.2, 0.25) is 5.91 Å². The summed E-state index contributed by atoms with van der Waals surface area (Å²) in [6.07, 6.45) is 3.71. The number of carboxylic acid groups (broad SMARTS) is 1. The van der Waals surface area contributed by atoms with Crippen LogP contribution in [0.25, 0.3) is 6.08 Å². The first kappa shape index (κ1) is 11.7. The van der Waals surface area contributed by atoms with Gasteiger partial charge in [-0.05, 0) is 29.8 Å². The molecule has 0 aliphatic heterocycles. The minimum Gasteiger partial charge on any atom is -0.478 e. The van der Waals surface area contributed by atoms with Gasteiger partial charge in [-0.2, -0.15) is 0 Å². The van der Waals surface area contributed by atoms with Crippen molar-refractivity contribution in [3.05, 3.63) is 48.6 Å². The molecule has 0 fully saturated rings. The van der Waals surface area contributed by atoms with Crippen LogP contribution < -0.4 is 5.32 Å². The molecule has 0 atom stereocenters. The van der Waals surface area contributed by atoms with Crippen molar-refractivity contribution < 1.29 is 14.7 Å². The normalized spacial score (nSPS) is 10.0. The molecule has 0 saturated heterocycles. The first-order valence-corrected chi connectivity index (χ1v) is 4.56. The Balaban J connectivity index is 2.71. The van der Waals surface area contributed by atoms with Crippen molar-refractivity contribution in [3.8, 4) is 0 Å². The van der Waals surface area contributed by atoms with Crippen LogP contribution in [-0.4, -0.2) is 17.0 Å². The van der Waals surface area contributed by atoms with E-state index < -0.39 is 5.97 Å². The fourth-order valence-corrected chi connectivity index (χ4v) is 1.04. The highest BCUT2D eigenvalue weighted by Gasteiger charge is 1.96. The lowest BCUT2D eigenvalue weighted by molar-refractivity contribution is -0.131. The third-order valence-corrected chi connectivity index (χ3v) is 1.78. The molecule has 4 heteroatoms. The van der Waals surface area contributed by atoms with Crippen molar-refractivity contribution >= 4 is 23.6 Å². The first-order valence-electron chi connectivity index (χ1n) is 4.56. The molecule has 1 amide bonds. The molecule has 82 valence electrons. The Morgan fingerprint density at radius 1 is 1.25 bits per heavy atom. The summed E-state index contributed by atoms with van der Waals surface area (Å²) in [5, 5.41) is 11.0. The van der Waals surface area contributed by atoms with Gasteiger partial charge in [0.1, 0.15) is 0 Å². The second-order valence-electron chi connectivity index (χ2n) is 2.99. The van der Waals surface area contributed by atoms with Crippen LogP contribution in [0, 0.1) is 0 Å². The lowest BCUT2D eigenvalue weighted by atomic mass is 10.2. The Morgan fingerprint density at radius 3 is 2.38 bits per heavy atom. The molecule has 1 rings (SSSR count). The lowest BCUT2D eigenvalue weighted by Crippen LogP contribution is -2.06. The molecule has 0 aromatic heterocycles. The summed E-state index contributed by atoms with van der Waals surface area (Å²) >= 11 is 0. The Bertz CT molecular complexity index is 432. The SMILES string of the molecule is C=CC(=O)Nc1ccc(C=CC(=O)O)cc1. The number of amides is 1. The van der Waals surface area contributed by atoms with E-state index in [4.69, 9.17) is 5.11 Å². The lowest BCUT2D eigenvalue weighted by Gasteiger charge is -2.01. The van der Waals surface area contributed by atoms with Crippen LogP contribution in [0.4, 0.5) is 5.69 Å². The van der Waals surface area contributed by atoms with Crippen LogP contribution in [0.5, 0.6) is 0 Å². The number of hydrogen-bond donors (Lipinski definition) is 2. The van der Waals surface area contributed by atoms with Crippen LogP contribution >= 0.6 is 0 Å². The molecular formula is C12H11NO3. The standard InChI is InChI=1S/C12H11NO3/c1-2-11(14)13-10-6-3-9(4-7-10)5-8-12(15)16/h2-8H,1H2,(H,13,14)(H,15,16). The molecule has 0 aliphatic carbocycles. The Kier molecular flexibility index (Phi) is 4.03. The highest BCUT2D eigenvalue weighted by Crippen LogP contribution is 2.10. The maximum Gasteiger partial charge on any atom is 0.328 e. The van der Waals surface area contributed by atoms with Gasteiger partial charge in [0, 0.05) is 11.8 Å². The quantitative estimate of drug-likeness (QED) is 0.757. The zero-order chi connectivity index (χ0) is 12.0. The van der Waals surface area contributed by atoms with E-state index in [2.05, 4.69) is 11.9 Å². The topological polar surface area (TPSA) is 66.4 Å². The Labute approximate surface area is 92.9 Å². The third-order valence-electron chi connectivity index (χ3n) is 1.78. The molecule has 0 bridgehead atoms. The molecule has 4 nitrogen and oxygen atoms in total. The molecule has 0 saturated carbocycles. The van der Waals surface area contributed by atoms with Gasteiger partial charge >= 0.3 is 5.97 Å². The smallest absolute Gasteiger partial charge is 0.328 e. The minimum absolute atomic E-state index is 0.283. The summed E-state index contributed by atoms with van der Waals surface area (Å²) < 4.78 is 0. The van der Waals surface area contributed by atoms with Crippen molar-refractivity contribution in [2.24, 2.45) is 0 Å². The van der Waals surface area contributed by atoms with Crippen LogP contribution in [0.1, 0.15) is 5.56 Å². The van der Waals surface area contributed by atoms with E-state index in [0.29, 0.717) is 5.69 Å². The van der Waals surface area contributed by atoms with E-state index in [1.54, 1.807) is 24.3 Å². The van der Waals surface area contributed by atoms with Crippen molar-refractivity contribution in [2.75, 3.05) is 5.32 Å². The number of carboxylic acids is 1. The number of rotatable bonds is 4. The zero-order valence-corrected chi connectivity index (χ0v) is 8.51. The third kappa shape index (κ3) is 3.79. The number of hydrogen-bond acceptors (Lipinski definition) is 2. The average Bonchev–Trinajstić information content (AvgIpc) is 2.28. The summed E-state index contributed by atoms with van der Waals surface area (Å²) in [6.45, 7) is 3.33. The summed E-state index contributed by atoms with van der Waals surface area (Å²) in [5.41, 5.74) is 1.39. The highest BCUT2D eigenvalue weighted by atomic mass is 16.4. The second-order valence-corrected chi connectivity index (χ2v) is 2.99. The number of nitrogens with one attached hydrogen (secondary N) is 1. The van der Waals surface area contributed by atoms with Gasteiger partial charge in [-0.25, -0.2) is 4.79 Å². The Hall–Kier alpha value is -2.36. The molecule has 0 spiro atoms. The minimum atomic E-state index is -0.996.